The number of hydrogen-bond acceptors (Lipinski definition) is 1. The standard InChI is InChI=1S/C12H13BrF3NO/c1-8-7-9(3-4-10(8)13)11(18)17(2)6-5-12(14,15)16/h3-4,7H,5-6H2,1-2H3. The second-order valence-electron chi connectivity index (χ2n) is 4.06. The maximum Gasteiger partial charge on any atom is 0.390 e. The highest BCUT2D eigenvalue weighted by atomic mass is 79.9. The van der Waals surface area contributed by atoms with E-state index in [2.05, 4.69) is 15.9 Å². The van der Waals surface area contributed by atoms with Crippen molar-refractivity contribution in [2.24, 2.45) is 0 Å². The molecule has 0 aliphatic carbocycles. The number of nitrogens with zero attached hydrogens (tertiary/aromatic N) is 1. The smallest absolute Gasteiger partial charge is 0.341 e. The lowest BCUT2D eigenvalue weighted by molar-refractivity contribution is -0.136. The van der Waals surface area contributed by atoms with Crippen LogP contribution in [0.15, 0.2) is 22.7 Å². The lowest BCUT2D eigenvalue weighted by Crippen LogP contribution is -2.30. The average molecular weight is 324 g/mol. The van der Waals surface area contributed by atoms with Gasteiger partial charge >= 0.3 is 6.18 Å². The average Bonchev–Trinajstić information content (AvgIpc) is 2.27. The topological polar surface area (TPSA) is 20.3 Å². The van der Waals surface area contributed by atoms with Gasteiger partial charge in [-0.3, -0.25) is 4.79 Å². The van der Waals surface area contributed by atoms with Crippen molar-refractivity contribution in [2.75, 3.05) is 13.6 Å². The van der Waals surface area contributed by atoms with Crippen LogP contribution in [0.1, 0.15) is 22.3 Å². The molecule has 0 unspecified atom stereocenters. The minimum Gasteiger partial charge on any atom is -0.341 e. The van der Waals surface area contributed by atoms with Gasteiger partial charge in [-0.15, -0.1) is 0 Å². The Labute approximate surface area is 112 Å². The van der Waals surface area contributed by atoms with E-state index in [0.717, 1.165) is 14.9 Å². The predicted octanol–water partition coefficient (Wildman–Crippen LogP) is 3.78. The normalized spacial score (nSPS) is 11.4. The van der Waals surface area contributed by atoms with Gasteiger partial charge in [0.15, 0.2) is 0 Å². The van der Waals surface area contributed by atoms with Crippen LogP contribution in [0.5, 0.6) is 0 Å². The SMILES string of the molecule is Cc1cc(C(=O)N(C)CCC(F)(F)F)ccc1Br. The zero-order valence-corrected chi connectivity index (χ0v) is 11.6. The Balaban J connectivity index is 2.71. The summed E-state index contributed by atoms with van der Waals surface area (Å²) < 4.78 is 37.0. The molecule has 0 radical (unpaired) electrons. The van der Waals surface area contributed by atoms with E-state index in [-0.39, 0.29) is 6.54 Å². The summed E-state index contributed by atoms with van der Waals surface area (Å²) in [4.78, 5) is 12.9. The molecule has 18 heavy (non-hydrogen) atoms. The lowest BCUT2D eigenvalue weighted by Gasteiger charge is -2.18. The van der Waals surface area contributed by atoms with E-state index in [1.54, 1.807) is 18.2 Å². The molecular formula is C12H13BrF3NO. The Hall–Kier alpha value is -1.04. The fourth-order valence-electron chi connectivity index (χ4n) is 1.39. The van der Waals surface area contributed by atoms with Gasteiger partial charge in [0, 0.05) is 23.6 Å². The molecule has 1 aromatic carbocycles. The molecule has 0 aromatic heterocycles. The maximum atomic E-state index is 12.1. The summed E-state index contributed by atoms with van der Waals surface area (Å²) in [6.07, 6.45) is -5.24. The molecule has 2 nitrogen and oxygen atoms in total. The van der Waals surface area contributed by atoms with Crippen molar-refractivity contribution in [3.63, 3.8) is 0 Å². The number of alkyl halides is 3. The molecule has 1 rings (SSSR count). The monoisotopic (exact) mass is 323 g/mol. The number of carbonyl (C=O) groups excluding carboxylic acids is 1. The van der Waals surface area contributed by atoms with Crippen LogP contribution in [0.3, 0.4) is 0 Å². The summed E-state index contributed by atoms with van der Waals surface area (Å²) in [7, 11) is 1.37. The summed E-state index contributed by atoms with van der Waals surface area (Å²) in [5.74, 6) is -0.408. The van der Waals surface area contributed by atoms with Gasteiger partial charge in [0.05, 0.1) is 6.42 Å². The first-order valence-corrected chi connectivity index (χ1v) is 6.08. The van der Waals surface area contributed by atoms with Crippen molar-refractivity contribution >= 4 is 21.8 Å². The molecule has 0 atom stereocenters. The second kappa shape index (κ2) is 5.73. The van der Waals surface area contributed by atoms with Crippen LogP contribution in [-0.2, 0) is 0 Å². The third-order valence-corrected chi connectivity index (χ3v) is 3.37. The first-order chi connectivity index (χ1) is 8.20. The van der Waals surface area contributed by atoms with Crippen molar-refractivity contribution in [3.05, 3.63) is 33.8 Å². The van der Waals surface area contributed by atoms with Gasteiger partial charge in [-0.25, -0.2) is 0 Å². The first-order valence-electron chi connectivity index (χ1n) is 5.29. The fourth-order valence-corrected chi connectivity index (χ4v) is 1.64. The fraction of sp³-hybridized carbons (Fsp3) is 0.417. The molecule has 0 spiro atoms. The van der Waals surface area contributed by atoms with Crippen molar-refractivity contribution in [3.8, 4) is 0 Å². The molecule has 100 valence electrons. The van der Waals surface area contributed by atoms with Crippen molar-refractivity contribution in [2.45, 2.75) is 19.5 Å². The van der Waals surface area contributed by atoms with Gasteiger partial charge in [-0.05, 0) is 30.7 Å². The molecule has 0 N–H and O–H groups in total. The van der Waals surface area contributed by atoms with E-state index in [9.17, 15) is 18.0 Å². The second-order valence-corrected chi connectivity index (χ2v) is 4.91. The van der Waals surface area contributed by atoms with Gasteiger partial charge in [0.25, 0.3) is 5.91 Å². The van der Waals surface area contributed by atoms with Crippen LogP contribution in [0.4, 0.5) is 13.2 Å². The molecule has 1 amide bonds. The molecular weight excluding hydrogens is 311 g/mol. The van der Waals surface area contributed by atoms with E-state index in [4.69, 9.17) is 0 Å². The van der Waals surface area contributed by atoms with E-state index >= 15 is 0 Å². The van der Waals surface area contributed by atoms with Gasteiger partial charge < -0.3 is 4.90 Å². The molecule has 0 fully saturated rings. The summed E-state index contributed by atoms with van der Waals surface area (Å²) in [6, 6.07) is 4.94. The third-order valence-electron chi connectivity index (χ3n) is 2.48. The quantitative estimate of drug-likeness (QED) is 0.829. The molecule has 0 heterocycles. The van der Waals surface area contributed by atoms with Crippen molar-refractivity contribution in [1.29, 1.82) is 0 Å². The number of halogens is 4. The number of rotatable bonds is 3. The zero-order chi connectivity index (χ0) is 13.9. The van der Waals surface area contributed by atoms with Crippen molar-refractivity contribution < 1.29 is 18.0 Å². The van der Waals surface area contributed by atoms with E-state index < -0.39 is 18.5 Å². The molecule has 0 bridgehead atoms. The minimum absolute atomic E-state index is 0.336. The number of amides is 1. The van der Waals surface area contributed by atoms with Crippen LogP contribution >= 0.6 is 15.9 Å². The third kappa shape index (κ3) is 4.33. The zero-order valence-electron chi connectivity index (χ0n) is 10.0. The number of aryl methyl sites for hydroxylation is 1. The van der Waals surface area contributed by atoms with E-state index in [1.165, 1.54) is 7.05 Å². The summed E-state index contributed by atoms with van der Waals surface area (Å²) in [6.45, 7) is 1.48. The van der Waals surface area contributed by atoms with Crippen LogP contribution in [0.2, 0.25) is 0 Å². The highest BCUT2D eigenvalue weighted by molar-refractivity contribution is 9.10. The minimum atomic E-state index is -4.25. The van der Waals surface area contributed by atoms with E-state index in [0.29, 0.717) is 5.56 Å². The molecule has 0 saturated carbocycles. The van der Waals surface area contributed by atoms with Gasteiger partial charge in [-0.1, -0.05) is 15.9 Å². The Morgan fingerprint density at radius 2 is 2.00 bits per heavy atom. The Morgan fingerprint density at radius 1 is 1.39 bits per heavy atom. The Kier molecular flexibility index (Phi) is 4.78. The molecule has 0 aliphatic heterocycles. The largest absolute Gasteiger partial charge is 0.390 e. The highest BCUT2D eigenvalue weighted by Crippen LogP contribution is 2.21. The van der Waals surface area contributed by atoms with Gasteiger partial charge in [0.1, 0.15) is 0 Å². The number of benzene rings is 1. The lowest BCUT2D eigenvalue weighted by atomic mass is 10.1. The van der Waals surface area contributed by atoms with Gasteiger partial charge in [-0.2, -0.15) is 13.2 Å². The van der Waals surface area contributed by atoms with E-state index in [1.807, 2.05) is 6.92 Å². The Bertz CT molecular complexity index is 445. The number of carbonyl (C=O) groups is 1. The summed E-state index contributed by atoms with van der Waals surface area (Å²) in [5.41, 5.74) is 1.26. The summed E-state index contributed by atoms with van der Waals surface area (Å²) in [5, 5.41) is 0. The van der Waals surface area contributed by atoms with Crippen LogP contribution < -0.4 is 0 Å². The molecule has 0 aliphatic rings. The molecule has 6 heteroatoms. The summed E-state index contributed by atoms with van der Waals surface area (Å²) >= 11 is 3.30. The van der Waals surface area contributed by atoms with Crippen LogP contribution in [-0.4, -0.2) is 30.6 Å². The van der Waals surface area contributed by atoms with Crippen LogP contribution in [0, 0.1) is 6.92 Å². The maximum absolute atomic E-state index is 12.1. The van der Waals surface area contributed by atoms with Gasteiger partial charge in [0.2, 0.25) is 0 Å². The highest BCUT2D eigenvalue weighted by Gasteiger charge is 2.28. The Morgan fingerprint density at radius 3 is 2.50 bits per heavy atom. The molecule has 1 aromatic rings. The number of hydrogen-bond donors (Lipinski definition) is 0. The first kappa shape index (κ1) is 15.0. The molecule has 0 saturated heterocycles. The van der Waals surface area contributed by atoms with Crippen molar-refractivity contribution in [1.82, 2.24) is 4.90 Å². The predicted molar refractivity (Wildman–Crippen MR) is 66.5 cm³/mol. The van der Waals surface area contributed by atoms with Crippen LogP contribution in [0.25, 0.3) is 0 Å².